The molecule has 1 aromatic carbocycles. The Morgan fingerprint density at radius 1 is 1.32 bits per heavy atom. The van der Waals surface area contributed by atoms with Gasteiger partial charge < -0.3 is 9.88 Å². The van der Waals surface area contributed by atoms with Crippen LogP contribution in [0.25, 0.3) is 0 Å². The summed E-state index contributed by atoms with van der Waals surface area (Å²) in [4.78, 5) is 4.24. The topological polar surface area (TPSA) is 29.9 Å². The fourth-order valence-corrected chi connectivity index (χ4v) is 2.23. The maximum atomic E-state index is 13.8. The molecule has 3 nitrogen and oxygen atoms in total. The van der Waals surface area contributed by atoms with Crippen molar-refractivity contribution in [1.82, 2.24) is 9.55 Å². The number of halogens is 3. The van der Waals surface area contributed by atoms with Crippen LogP contribution < -0.4 is 5.32 Å². The minimum atomic E-state index is -0.657. The number of nitrogens with one attached hydrogen (secondary N) is 1. The smallest absolute Gasteiger partial charge is 0.207 e. The molecule has 1 heterocycles. The van der Waals surface area contributed by atoms with Gasteiger partial charge in [-0.1, -0.05) is 22.9 Å². The van der Waals surface area contributed by atoms with Gasteiger partial charge in [0.05, 0.1) is 5.69 Å². The Labute approximate surface area is 118 Å². The Morgan fingerprint density at radius 2 is 1.95 bits per heavy atom. The summed E-state index contributed by atoms with van der Waals surface area (Å²) in [5.74, 6) is -0.870. The van der Waals surface area contributed by atoms with E-state index in [4.69, 9.17) is 0 Å². The minimum absolute atomic E-state index is 0.189. The standard InChI is InChI=1S/C13H14BrF2N3/c1-3-4-19-7-8(2)17-13(19)18-12-10(15)5-9(14)6-11(12)16/h5-7H,3-4H2,1-2H3,(H,17,18). The zero-order valence-corrected chi connectivity index (χ0v) is 12.3. The van der Waals surface area contributed by atoms with Gasteiger partial charge in [0, 0.05) is 17.2 Å². The van der Waals surface area contributed by atoms with Crippen LogP contribution in [0.2, 0.25) is 0 Å². The molecule has 1 N–H and O–H groups in total. The fraction of sp³-hybridized carbons (Fsp3) is 0.308. The molecule has 1 aromatic heterocycles. The molecule has 0 spiro atoms. The third kappa shape index (κ3) is 3.12. The Hall–Kier alpha value is -1.43. The molecular formula is C13H14BrF2N3. The summed E-state index contributed by atoms with van der Waals surface area (Å²) < 4.78 is 29.7. The average molecular weight is 330 g/mol. The lowest BCUT2D eigenvalue weighted by molar-refractivity contribution is 0.587. The van der Waals surface area contributed by atoms with Gasteiger partial charge in [-0.3, -0.25) is 0 Å². The summed E-state index contributed by atoms with van der Waals surface area (Å²) in [5, 5.41) is 2.72. The largest absolute Gasteiger partial charge is 0.321 e. The van der Waals surface area contributed by atoms with Gasteiger partial charge in [-0.15, -0.1) is 0 Å². The summed E-state index contributed by atoms with van der Waals surface area (Å²) in [6.07, 6.45) is 2.76. The Bertz CT molecular complexity index is 573. The van der Waals surface area contributed by atoms with Crippen LogP contribution in [0.1, 0.15) is 19.0 Å². The van der Waals surface area contributed by atoms with Gasteiger partial charge >= 0.3 is 0 Å². The third-order valence-electron chi connectivity index (χ3n) is 2.61. The first-order chi connectivity index (χ1) is 9.01. The van der Waals surface area contributed by atoms with Gasteiger partial charge in [0.1, 0.15) is 5.69 Å². The lowest BCUT2D eigenvalue weighted by Crippen LogP contribution is -2.05. The third-order valence-corrected chi connectivity index (χ3v) is 3.06. The van der Waals surface area contributed by atoms with Crippen LogP contribution in [0.3, 0.4) is 0 Å². The van der Waals surface area contributed by atoms with Crippen LogP contribution in [0.4, 0.5) is 20.4 Å². The number of anilines is 2. The van der Waals surface area contributed by atoms with Crippen LogP contribution in [0.15, 0.2) is 22.8 Å². The van der Waals surface area contributed by atoms with Crippen molar-refractivity contribution in [2.24, 2.45) is 0 Å². The normalized spacial score (nSPS) is 10.8. The van der Waals surface area contributed by atoms with E-state index in [0.29, 0.717) is 10.4 Å². The molecule has 102 valence electrons. The van der Waals surface area contributed by atoms with E-state index in [9.17, 15) is 8.78 Å². The predicted octanol–water partition coefficient (Wildman–Crippen LogP) is 4.39. The number of hydrogen-bond acceptors (Lipinski definition) is 2. The maximum Gasteiger partial charge on any atom is 0.207 e. The van der Waals surface area contributed by atoms with E-state index in [1.165, 1.54) is 12.1 Å². The van der Waals surface area contributed by atoms with Crippen molar-refractivity contribution in [3.05, 3.63) is 40.1 Å². The Kier molecular flexibility index (Phi) is 4.19. The van der Waals surface area contributed by atoms with Crippen LogP contribution >= 0.6 is 15.9 Å². The van der Waals surface area contributed by atoms with E-state index in [2.05, 4.69) is 26.2 Å². The van der Waals surface area contributed by atoms with Gasteiger partial charge in [-0.2, -0.15) is 0 Å². The SMILES string of the molecule is CCCn1cc(C)nc1Nc1c(F)cc(Br)cc1F. The molecule has 0 saturated heterocycles. The van der Waals surface area contributed by atoms with Gasteiger partial charge in [0.25, 0.3) is 0 Å². The van der Waals surface area contributed by atoms with Crippen molar-refractivity contribution in [2.45, 2.75) is 26.8 Å². The number of nitrogens with zero attached hydrogens (tertiary/aromatic N) is 2. The van der Waals surface area contributed by atoms with E-state index >= 15 is 0 Å². The molecule has 0 amide bonds. The molecule has 0 atom stereocenters. The van der Waals surface area contributed by atoms with Gasteiger partial charge in [0.2, 0.25) is 5.95 Å². The summed E-state index contributed by atoms with van der Waals surface area (Å²) >= 11 is 3.05. The van der Waals surface area contributed by atoms with Gasteiger partial charge in [-0.25, -0.2) is 13.8 Å². The summed E-state index contributed by atoms with van der Waals surface area (Å²) in [7, 11) is 0. The monoisotopic (exact) mass is 329 g/mol. The molecule has 0 radical (unpaired) electrons. The average Bonchev–Trinajstić information content (AvgIpc) is 2.64. The minimum Gasteiger partial charge on any atom is -0.321 e. The van der Waals surface area contributed by atoms with Crippen molar-refractivity contribution in [2.75, 3.05) is 5.32 Å². The van der Waals surface area contributed by atoms with E-state index < -0.39 is 11.6 Å². The molecular weight excluding hydrogens is 316 g/mol. The second-order valence-corrected chi connectivity index (χ2v) is 5.18. The summed E-state index contributed by atoms with van der Waals surface area (Å²) in [5.41, 5.74) is 0.611. The second-order valence-electron chi connectivity index (χ2n) is 4.27. The second kappa shape index (κ2) is 5.69. The van der Waals surface area contributed by atoms with Crippen LogP contribution in [-0.4, -0.2) is 9.55 Å². The van der Waals surface area contributed by atoms with Crippen molar-refractivity contribution < 1.29 is 8.78 Å². The molecule has 0 aliphatic rings. The quantitative estimate of drug-likeness (QED) is 0.901. The number of hydrogen-bond donors (Lipinski definition) is 1. The molecule has 0 saturated carbocycles. The molecule has 0 fully saturated rings. The molecule has 2 aromatic rings. The van der Waals surface area contributed by atoms with Gasteiger partial charge in [-0.05, 0) is 25.5 Å². The molecule has 19 heavy (non-hydrogen) atoms. The first-order valence-corrected chi connectivity index (χ1v) is 6.76. The highest BCUT2D eigenvalue weighted by Crippen LogP contribution is 2.26. The highest BCUT2D eigenvalue weighted by Gasteiger charge is 2.13. The Morgan fingerprint density at radius 3 is 2.53 bits per heavy atom. The fourth-order valence-electron chi connectivity index (χ4n) is 1.83. The van der Waals surface area contributed by atoms with Crippen LogP contribution in [0.5, 0.6) is 0 Å². The van der Waals surface area contributed by atoms with Crippen molar-refractivity contribution in [3.63, 3.8) is 0 Å². The number of imidazole rings is 1. The zero-order valence-electron chi connectivity index (χ0n) is 10.7. The van der Waals surface area contributed by atoms with E-state index in [1.807, 2.05) is 24.6 Å². The van der Waals surface area contributed by atoms with Gasteiger partial charge in [0.15, 0.2) is 11.6 Å². The molecule has 0 unspecified atom stereocenters. The summed E-state index contributed by atoms with van der Waals surface area (Å²) in [6.45, 7) is 4.61. The first kappa shape index (κ1) is 14.0. The van der Waals surface area contributed by atoms with Crippen LogP contribution in [-0.2, 0) is 6.54 Å². The van der Waals surface area contributed by atoms with Crippen LogP contribution in [0, 0.1) is 18.6 Å². The molecule has 0 aliphatic carbocycles. The van der Waals surface area contributed by atoms with E-state index in [-0.39, 0.29) is 5.69 Å². The number of benzene rings is 1. The zero-order chi connectivity index (χ0) is 14.0. The van der Waals surface area contributed by atoms with Crippen molar-refractivity contribution in [3.8, 4) is 0 Å². The van der Waals surface area contributed by atoms with E-state index in [0.717, 1.165) is 18.7 Å². The number of rotatable bonds is 4. The highest BCUT2D eigenvalue weighted by atomic mass is 79.9. The molecule has 0 aliphatic heterocycles. The van der Waals surface area contributed by atoms with Crippen molar-refractivity contribution >= 4 is 27.6 Å². The number of aromatic nitrogens is 2. The van der Waals surface area contributed by atoms with Crippen molar-refractivity contribution in [1.29, 1.82) is 0 Å². The molecule has 2 rings (SSSR count). The Balaban J connectivity index is 2.36. The lowest BCUT2D eigenvalue weighted by atomic mass is 10.3. The first-order valence-electron chi connectivity index (χ1n) is 5.96. The maximum absolute atomic E-state index is 13.8. The molecule has 6 heteroatoms. The predicted molar refractivity (Wildman–Crippen MR) is 74.6 cm³/mol. The molecule has 0 bridgehead atoms. The van der Waals surface area contributed by atoms with E-state index in [1.54, 1.807) is 0 Å². The summed E-state index contributed by atoms with van der Waals surface area (Å²) in [6, 6.07) is 2.43. The number of aryl methyl sites for hydroxylation is 2. The lowest BCUT2D eigenvalue weighted by Gasteiger charge is -2.10. The highest BCUT2D eigenvalue weighted by molar-refractivity contribution is 9.10.